The maximum Gasteiger partial charge on any atom is 0.239 e. The molecule has 0 atom stereocenters. The van der Waals surface area contributed by atoms with Crippen molar-refractivity contribution in [2.24, 2.45) is 4.99 Å². The highest BCUT2D eigenvalue weighted by Gasteiger charge is 2.20. The van der Waals surface area contributed by atoms with Crippen LogP contribution >= 0.6 is 23.2 Å². The highest BCUT2D eigenvalue weighted by Crippen LogP contribution is 2.30. The fraction of sp³-hybridized carbons (Fsp3) is 0.348. The fourth-order valence-corrected chi connectivity index (χ4v) is 5.28. The summed E-state index contributed by atoms with van der Waals surface area (Å²) in [6.45, 7) is 3.20. The predicted molar refractivity (Wildman–Crippen MR) is 137 cm³/mol. The second-order valence-electron chi connectivity index (χ2n) is 7.90. The number of sulfone groups is 1. The van der Waals surface area contributed by atoms with Crippen LogP contribution in [0.15, 0.2) is 46.3 Å². The summed E-state index contributed by atoms with van der Waals surface area (Å²) in [5.41, 5.74) is 2.57. The van der Waals surface area contributed by atoms with E-state index in [9.17, 15) is 18.0 Å². The fourth-order valence-electron chi connectivity index (χ4n) is 3.32. The molecule has 1 aliphatic rings. The summed E-state index contributed by atoms with van der Waals surface area (Å²) in [5.74, 6) is -0.435. The van der Waals surface area contributed by atoms with Gasteiger partial charge in [0.1, 0.15) is 11.7 Å². The Bertz CT molecular complexity index is 1220. The van der Waals surface area contributed by atoms with Crippen molar-refractivity contribution in [1.82, 2.24) is 21.3 Å². The molecule has 35 heavy (non-hydrogen) atoms. The topological polar surface area (TPSA) is 129 Å². The van der Waals surface area contributed by atoms with Crippen LogP contribution < -0.4 is 21.3 Å². The summed E-state index contributed by atoms with van der Waals surface area (Å²) in [5, 5.41) is 11.4. The van der Waals surface area contributed by atoms with Crippen LogP contribution in [0.2, 0.25) is 10.0 Å². The van der Waals surface area contributed by atoms with Gasteiger partial charge in [0.25, 0.3) is 0 Å². The molecule has 0 saturated heterocycles. The molecule has 2 aromatic rings. The van der Waals surface area contributed by atoms with Crippen LogP contribution in [0.1, 0.15) is 16.7 Å². The summed E-state index contributed by atoms with van der Waals surface area (Å²) in [7, 11) is -3.77. The molecule has 0 fully saturated rings. The van der Waals surface area contributed by atoms with Crippen molar-refractivity contribution in [2.75, 3.05) is 38.6 Å². The molecule has 1 aliphatic heterocycles. The summed E-state index contributed by atoms with van der Waals surface area (Å²) >= 11 is 12.0. The molecular weight excluding hydrogens is 513 g/mol. The number of carbonyl (C=O) groups is 2. The molecule has 0 spiro atoms. The number of amides is 2. The number of nitrogens with one attached hydrogen (secondary N) is 4. The first kappa shape index (κ1) is 26.9. The molecule has 0 radical (unpaired) electrons. The van der Waals surface area contributed by atoms with Crippen molar-refractivity contribution >= 4 is 50.7 Å². The number of rotatable bonds is 11. The molecule has 2 amide bonds. The van der Waals surface area contributed by atoms with E-state index in [2.05, 4.69) is 26.3 Å². The molecular formula is C23H27Cl2N5O4S. The third kappa shape index (κ3) is 7.66. The lowest BCUT2D eigenvalue weighted by molar-refractivity contribution is -0.125. The highest BCUT2D eigenvalue weighted by molar-refractivity contribution is 7.91. The Hall–Kier alpha value is -2.66. The third-order valence-electron chi connectivity index (χ3n) is 5.28. The van der Waals surface area contributed by atoms with E-state index in [0.717, 1.165) is 30.1 Å². The SMILES string of the molecule is Cc1c(Cl)ccc(S(=O)(=O)CNCC(=O)NCC(=O)NCCc2ccc(C3=NCCN3)cc2)c1Cl. The molecule has 3 rings (SSSR count). The molecule has 0 aliphatic carbocycles. The molecule has 1 heterocycles. The van der Waals surface area contributed by atoms with E-state index in [1.807, 2.05) is 24.3 Å². The van der Waals surface area contributed by atoms with Crippen LogP contribution in [0.5, 0.6) is 0 Å². The normalized spacial score (nSPS) is 13.2. The van der Waals surface area contributed by atoms with Crippen molar-refractivity contribution in [3.63, 3.8) is 0 Å². The monoisotopic (exact) mass is 539 g/mol. The largest absolute Gasteiger partial charge is 0.368 e. The minimum atomic E-state index is -3.77. The Labute approximate surface area is 214 Å². The molecule has 0 aromatic heterocycles. The number of amidine groups is 1. The van der Waals surface area contributed by atoms with Gasteiger partial charge in [0.05, 0.1) is 29.6 Å². The summed E-state index contributed by atoms with van der Waals surface area (Å²) in [6, 6.07) is 10.7. The molecule has 2 aromatic carbocycles. The first-order chi connectivity index (χ1) is 16.7. The number of hydrogen-bond donors (Lipinski definition) is 4. The number of aliphatic imine (C=N–C) groups is 1. The lowest BCUT2D eigenvalue weighted by Crippen LogP contribution is -2.42. The van der Waals surface area contributed by atoms with Crippen LogP contribution in [0.3, 0.4) is 0 Å². The Morgan fingerprint density at radius 3 is 2.43 bits per heavy atom. The van der Waals surface area contributed by atoms with Crippen molar-refractivity contribution < 1.29 is 18.0 Å². The maximum absolute atomic E-state index is 12.5. The molecule has 12 heteroatoms. The molecule has 0 bridgehead atoms. The van der Waals surface area contributed by atoms with Crippen molar-refractivity contribution in [3.05, 3.63) is 63.1 Å². The highest BCUT2D eigenvalue weighted by atomic mass is 35.5. The minimum absolute atomic E-state index is 0.0524. The first-order valence-corrected chi connectivity index (χ1v) is 13.4. The van der Waals surface area contributed by atoms with Gasteiger partial charge >= 0.3 is 0 Å². The summed E-state index contributed by atoms with van der Waals surface area (Å²) in [4.78, 5) is 28.3. The Balaban J connectivity index is 1.34. The lowest BCUT2D eigenvalue weighted by Gasteiger charge is -2.11. The number of hydrogen-bond acceptors (Lipinski definition) is 7. The van der Waals surface area contributed by atoms with Crippen molar-refractivity contribution in [2.45, 2.75) is 18.2 Å². The van der Waals surface area contributed by atoms with E-state index in [1.165, 1.54) is 12.1 Å². The first-order valence-electron chi connectivity index (χ1n) is 11.0. The van der Waals surface area contributed by atoms with E-state index in [4.69, 9.17) is 23.2 Å². The van der Waals surface area contributed by atoms with Crippen LogP contribution in [0.25, 0.3) is 0 Å². The second kappa shape index (κ2) is 12.3. The van der Waals surface area contributed by atoms with Gasteiger partial charge in [0, 0.05) is 23.7 Å². The van der Waals surface area contributed by atoms with Crippen LogP contribution in [-0.2, 0) is 25.8 Å². The van der Waals surface area contributed by atoms with Gasteiger partial charge in [-0.25, -0.2) is 8.42 Å². The minimum Gasteiger partial charge on any atom is -0.368 e. The van der Waals surface area contributed by atoms with Crippen molar-refractivity contribution in [1.29, 1.82) is 0 Å². The molecule has 0 unspecified atom stereocenters. The molecule has 4 N–H and O–H groups in total. The predicted octanol–water partition coefficient (Wildman–Crippen LogP) is 1.45. The van der Waals surface area contributed by atoms with Gasteiger partial charge in [-0.2, -0.15) is 0 Å². The number of carbonyl (C=O) groups excluding carboxylic acids is 2. The van der Waals surface area contributed by atoms with Crippen molar-refractivity contribution in [3.8, 4) is 0 Å². The molecule has 0 saturated carbocycles. The van der Waals surface area contributed by atoms with Gasteiger partial charge in [0.15, 0.2) is 9.84 Å². The van der Waals surface area contributed by atoms with Gasteiger partial charge in [-0.05, 0) is 36.6 Å². The van der Waals surface area contributed by atoms with E-state index in [-0.39, 0.29) is 28.9 Å². The quantitative estimate of drug-likeness (QED) is 0.342. The molecule has 188 valence electrons. The van der Waals surface area contributed by atoms with E-state index >= 15 is 0 Å². The number of nitrogens with zero attached hydrogens (tertiary/aromatic N) is 1. The van der Waals surface area contributed by atoms with E-state index in [1.54, 1.807) is 6.92 Å². The number of halogens is 2. The van der Waals surface area contributed by atoms with Crippen LogP contribution in [0.4, 0.5) is 0 Å². The van der Waals surface area contributed by atoms with Crippen LogP contribution in [-0.4, -0.2) is 64.7 Å². The molecule has 9 nitrogen and oxygen atoms in total. The van der Waals surface area contributed by atoms with Gasteiger partial charge < -0.3 is 16.0 Å². The van der Waals surface area contributed by atoms with Gasteiger partial charge in [-0.15, -0.1) is 0 Å². The van der Waals surface area contributed by atoms with Gasteiger partial charge in [-0.3, -0.25) is 19.9 Å². The smallest absolute Gasteiger partial charge is 0.239 e. The number of benzene rings is 2. The van der Waals surface area contributed by atoms with Crippen LogP contribution in [0, 0.1) is 6.92 Å². The van der Waals surface area contributed by atoms with E-state index < -0.39 is 21.6 Å². The zero-order valence-corrected chi connectivity index (χ0v) is 21.5. The second-order valence-corrected chi connectivity index (χ2v) is 10.6. The summed E-state index contributed by atoms with van der Waals surface area (Å²) in [6.07, 6.45) is 0.645. The average molecular weight is 540 g/mol. The lowest BCUT2D eigenvalue weighted by atomic mass is 10.1. The zero-order chi connectivity index (χ0) is 25.4. The average Bonchev–Trinajstić information content (AvgIpc) is 3.36. The Morgan fingerprint density at radius 1 is 1.03 bits per heavy atom. The Kier molecular flexibility index (Phi) is 9.50. The third-order valence-corrected chi connectivity index (χ3v) is 7.88. The van der Waals surface area contributed by atoms with Gasteiger partial charge in [0.2, 0.25) is 11.8 Å². The Morgan fingerprint density at radius 2 is 1.74 bits per heavy atom. The van der Waals surface area contributed by atoms with Gasteiger partial charge in [-0.1, -0.05) is 47.5 Å². The summed E-state index contributed by atoms with van der Waals surface area (Å²) < 4.78 is 25.0. The zero-order valence-electron chi connectivity index (χ0n) is 19.2. The van der Waals surface area contributed by atoms with E-state index in [0.29, 0.717) is 23.6 Å². The standard InChI is InChI=1S/C23H27Cl2N5O4S/c1-15-18(24)6-7-19(22(15)25)35(33,34)14-26-12-20(31)30-13-21(32)27-9-8-16-2-4-17(5-3-16)23-28-10-11-29-23/h2-7,26H,8-14H2,1H3,(H,27,32)(H,28,29)(H,30,31). The maximum atomic E-state index is 12.5.